The van der Waals surface area contributed by atoms with E-state index in [1.165, 1.54) is 16.4 Å². The van der Waals surface area contributed by atoms with Gasteiger partial charge in [-0.05, 0) is 55.3 Å². The van der Waals surface area contributed by atoms with Crippen molar-refractivity contribution >= 4 is 27.3 Å². The van der Waals surface area contributed by atoms with E-state index in [1.54, 1.807) is 48.2 Å². The molecule has 3 aromatic carbocycles. The van der Waals surface area contributed by atoms with Gasteiger partial charge in [0.25, 0.3) is 15.9 Å². The number of sulfonamides is 1. The fourth-order valence-corrected chi connectivity index (χ4v) is 5.23. The van der Waals surface area contributed by atoms with E-state index >= 15 is 0 Å². The molecule has 1 amide bonds. The minimum atomic E-state index is -3.78. The van der Waals surface area contributed by atoms with E-state index in [0.29, 0.717) is 24.3 Å². The first-order valence-corrected chi connectivity index (χ1v) is 11.0. The van der Waals surface area contributed by atoms with Gasteiger partial charge in [-0.15, -0.1) is 0 Å². The summed E-state index contributed by atoms with van der Waals surface area (Å²) in [5, 5.41) is 0. The maximum atomic E-state index is 13.3. The first-order chi connectivity index (χ1) is 14.0. The normalized spacial score (nSPS) is 13.2. The summed E-state index contributed by atoms with van der Waals surface area (Å²) in [6.07, 6.45) is 0.803. The average Bonchev–Trinajstić information content (AvgIpc) is 3.18. The number of nitrogens with zero attached hydrogens (tertiary/aromatic N) is 2. The molecule has 0 saturated heterocycles. The Hall–Kier alpha value is -3.12. The van der Waals surface area contributed by atoms with Crippen molar-refractivity contribution in [1.82, 2.24) is 0 Å². The van der Waals surface area contributed by atoms with Crippen LogP contribution in [0.4, 0.5) is 11.4 Å². The molecular formula is C23H22N2O3S. The molecule has 0 saturated carbocycles. The molecule has 3 aromatic rings. The number of anilines is 2. The maximum Gasteiger partial charge on any atom is 0.264 e. The molecule has 6 heteroatoms. The molecule has 1 heterocycles. The summed E-state index contributed by atoms with van der Waals surface area (Å²) in [6.45, 7) is 2.69. The van der Waals surface area contributed by atoms with Crippen molar-refractivity contribution in [3.63, 3.8) is 0 Å². The predicted octanol–water partition coefficient (Wildman–Crippen LogP) is 4.10. The van der Waals surface area contributed by atoms with Gasteiger partial charge >= 0.3 is 0 Å². The highest BCUT2D eigenvalue weighted by atomic mass is 32.2. The van der Waals surface area contributed by atoms with Crippen molar-refractivity contribution in [3.05, 3.63) is 90.0 Å². The van der Waals surface area contributed by atoms with Gasteiger partial charge < -0.3 is 4.90 Å². The number of para-hydroxylation sites is 2. The zero-order chi connectivity index (χ0) is 20.4. The smallest absolute Gasteiger partial charge is 0.264 e. The lowest BCUT2D eigenvalue weighted by Crippen LogP contribution is -2.32. The number of hydrogen-bond acceptors (Lipinski definition) is 3. The molecule has 0 fully saturated rings. The van der Waals surface area contributed by atoms with E-state index in [-0.39, 0.29) is 10.8 Å². The Balaban J connectivity index is 1.68. The number of fused-ring (bicyclic) bond motifs is 1. The number of carbonyl (C=O) groups excluding carboxylic acids is 1. The van der Waals surface area contributed by atoms with Gasteiger partial charge in [0.2, 0.25) is 0 Å². The zero-order valence-electron chi connectivity index (χ0n) is 16.2. The van der Waals surface area contributed by atoms with Gasteiger partial charge in [0.15, 0.2) is 0 Å². The lowest BCUT2D eigenvalue weighted by Gasteiger charge is -2.23. The molecule has 1 aliphatic heterocycles. The molecular weight excluding hydrogens is 384 g/mol. The van der Waals surface area contributed by atoms with Crippen LogP contribution in [0.2, 0.25) is 0 Å². The van der Waals surface area contributed by atoms with Crippen LogP contribution in [0.15, 0.2) is 83.8 Å². The summed E-state index contributed by atoms with van der Waals surface area (Å²) in [5.41, 5.74) is 2.99. The van der Waals surface area contributed by atoms with Crippen LogP contribution in [-0.4, -0.2) is 27.4 Å². The Morgan fingerprint density at radius 2 is 1.69 bits per heavy atom. The van der Waals surface area contributed by atoms with E-state index in [4.69, 9.17) is 0 Å². The number of hydrogen-bond donors (Lipinski definition) is 0. The van der Waals surface area contributed by atoms with Crippen molar-refractivity contribution in [1.29, 1.82) is 0 Å². The molecule has 0 unspecified atom stereocenters. The van der Waals surface area contributed by atoms with E-state index in [2.05, 4.69) is 0 Å². The van der Waals surface area contributed by atoms with E-state index in [9.17, 15) is 13.2 Å². The summed E-state index contributed by atoms with van der Waals surface area (Å²) >= 11 is 0. The molecule has 0 aliphatic carbocycles. The van der Waals surface area contributed by atoms with Crippen LogP contribution >= 0.6 is 0 Å². The summed E-state index contributed by atoms with van der Waals surface area (Å²) in [7, 11) is -3.78. The minimum Gasteiger partial charge on any atom is -0.308 e. The summed E-state index contributed by atoms with van der Waals surface area (Å²) in [6, 6.07) is 23.1. The third-order valence-corrected chi connectivity index (χ3v) is 7.03. The van der Waals surface area contributed by atoms with Crippen molar-refractivity contribution in [3.8, 4) is 0 Å². The van der Waals surface area contributed by atoms with E-state index < -0.39 is 10.0 Å². The summed E-state index contributed by atoms with van der Waals surface area (Å²) in [4.78, 5) is 14.9. The SMILES string of the molecule is CCN(c1ccccc1)S(=O)(=O)c1cccc(C(=O)N2CCc3ccccc32)c1. The van der Waals surface area contributed by atoms with Gasteiger partial charge in [0.05, 0.1) is 10.6 Å². The van der Waals surface area contributed by atoms with Crippen molar-refractivity contribution in [2.24, 2.45) is 0 Å². The van der Waals surface area contributed by atoms with Crippen molar-refractivity contribution < 1.29 is 13.2 Å². The van der Waals surface area contributed by atoms with Gasteiger partial charge in [-0.25, -0.2) is 8.42 Å². The van der Waals surface area contributed by atoms with Crippen LogP contribution in [0.3, 0.4) is 0 Å². The van der Waals surface area contributed by atoms with Gasteiger partial charge in [-0.2, -0.15) is 0 Å². The fourth-order valence-electron chi connectivity index (χ4n) is 3.71. The number of carbonyl (C=O) groups is 1. The van der Waals surface area contributed by atoms with Crippen molar-refractivity contribution in [2.45, 2.75) is 18.2 Å². The number of rotatable bonds is 5. The molecule has 0 aromatic heterocycles. The Kier molecular flexibility index (Phi) is 5.11. The molecule has 0 radical (unpaired) electrons. The van der Waals surface area contributed by atoms with Gasteiger partial charge in [-0.1, -0.05) is 42.5 Å². The topological polar surface area (TPSA) is 57.7 Å². The number of amides is 1. The van der Waals surface area contributed by atoms with Crippen LogP contribution in [0.5, 0.6) is 0 Å². The van der Waals surface area contributed by atoms with Crippen LogP contribution in [0, 0.1) is 0 Å². The molecule has 4 rings (SSSR count). The second-order valence-corrected chi connectivity index (χ2v) is 8.73. The Morgan fingerprint density at radius 3 is 2.45 bits per heavy atom. The van der Waals surface area contributed by atoms with Gasteiger partial charge in [-0.3, -0.25) is 9.10 Å². The summed E-state index contributed by atoms with van der Waals surface area (Å²) in [5.74, 6) is -0.185. The van der Waals surface area contributed by atoms with Crippen LogP contribution in [-0.2, 0) is 16.4 Å². The molecule has 29 heavy (non-hydrogen) atoms. The van der Waals surface area contributed by atoms with Crippen LogP contribution in [0.1, 0.15) is 22.8 Å². The molecule has 1 aliphatic rings. The lowest BCUT2D eigenvalue weighted by molar-refractivity contribution is 0.0989. The molecule has 0 bridgehead atoms. The highest BCUT2D eigenvalue weighted by molar-refractivity contribution is 7.92. The first kappa shape index (κ1) is 19.2. The maximum absolute atomic E-state index is 13.3. The Morgan fingerprint density at radius 1 is 0.966 bits per heavy atom. The summed E-state index contributed by atoms with van der Waals surface area (Å²) < 4.78 is 27.9. The number of benzene rings is 3. The second kappa shape index (κ2) is 7.72. The van der Waals surface area contributed by atoms with Crippen molar-refractivity contribution in [2.75, 3.05) is 22.3 Å². The molecule has 0 spiro atoms. The lowest BCUT2D eigenvalue weighted by atomic mass is 10.1. The molecule has 5 nitrogen and oxygen atoms in total. The van der Waals surface area contributed by atoms with Gasteiger partial charge in [0, 0.05) is 24.3 Å². The van der Waals surface area contributed by atoms with Gasteiger partial charge in [0.1, 0.15) is 0 Å². The standard InChI is InChI=1S/C23H22N2O3S/c1-2-25(20-11-4-3-5-12-20)29(27,28)21-13-8-10-19(17-21)23(26)24-16-15-18-9-6-7-14-22(18)24/h3-14,17H,2,15-16H2,1H3. The third-order valence-electron chi connectivity index (χ3n) is 5.13. The predicted molar refractivity (Wildman–Crippen MR) is 115 cm³/mol. The quantitative estimate of drug-likeness (QED) is 0.641. The Labute approximate surface area is 171 Å². The highest BCUT2D eigenvalue weighted by Gasteiger charge is 2.28. The van der Waals surface area contributed by atoms with Crippen LogP contribution in [0.25, 0.3) is 0 Å². The zero-order valence-corrected chi connectivity index (χ0v) is 17.0. The minimum absolute atomic E-state index is 0.113. The fraction of sp³-hybridized carbons (Fsp3) is 0.174. The largest absolute Gasteiger partial charge is 0.308 e. The van der Waals surface area contributed by atoms with E-state index in [1.807, 2.05) is 30.3 Å². The molecule has 148 valence electrons. The third kappa shape index (κ3) is 3.51. The monoisotopic (exact) mass is 406 g/mol. The molecule has 0 atom stereocenters. The second-order valence-electron chi connectivity index (χ2n) is 6.87. The average molecular weight is 407 g/mol. The van der Waals surface area contributed by atoms with E-state index in [0.717, 1.165) is 17.7 Å². The first-order valence-electron chi connectivity index (χ1n) is 9.60. The molecule has 0 N–H and O–H groups in total. The highest BCUT2D eigenvalue weighted by Crippen LogP contribution is 2.30. The van der Waals surface area contributed by atoms with Crippen LogP contribution < -0.4 is 9.21 Å². The Bertz CT molecular complexity index is 1140.